The van der Waals surface area contributed by atoms with Gasteiger partial charge in [-0.15, -0.1) is 0 Å². The molecule has 0 saturated carbocycles. The molecule has 7 heteroatoms. The lowest BCUT2D eigenvalue weighted by Gasteiger charge is -2.22. The van der Waals surface area contributed by atoms with Gasteiger partial charge in [-0.3, -0.25) is 4.79 Å². The Balaban J connectivity index is 1.75. The minimum atomic E-state index is -0.307. The molecule has 3 rings (SSSR count). The molecule has 2 aromatic rings. The van der Waals surface area contributed by atoms with Gasteiger partial charge < -0.3 is 19.1 Å². The zero-order valence-electron chi connectivity index (χ0n) is 16.4. The van der Waals surface area contributed by atoms with Crippen LogP contribution in [-0.4, -0.2) is 46.5 Å². The van der Waals surface area contributed by atoms with E-state index in [9.17, 15) is 4.79 Å². The van der Waals surface area contributed by atoms with Gasteiger partial charge in [-0.1, -0.05) is 0 Å². The Kier molecular flexibility index (Phi) is 6.37. The largest absolute Gasteiger partial charge is 0.497 e. The summed E-state index contributed by atoms with van der Waals surface area (Å²) in [5.41, 5.74) is 4.75. The first-order valence-electron chi connectivity index (χ1n) is 9.14. The van der Waals surface area contributed by atoms with Crippen molar-refractivity contribution in [3.63, 3.8) is 0 Å². The third-order valence-electron chi connectivity index (χ3n) is 4.70. The molecule has 1 aliphatic rings. The second-order valence-corrected chi connectivity index (χ2v) is 6.39. The Morgan fingerprint density at radius 1 is 1.00 bits per heavy atom. The van der Waals surface area contributed by atoms with Gasteiger partial charge in [0.2, 0.25) is 0 Å². The first kappa shape index (κ1) is 19.5. The number of methoxy groups -OCH3 is 3. The number of ether oxygens (including phenoxy) is 3. The number of hydrazone groups is 1. The molecule has 0 spiro atoms. The van der Waals surface area contributed by atoms with Gasteiger partial charge in [-0.25, -0.2) is 5.43 Å². The van der Waals surface area contributed by atoms with Crippen LogP contribution in [0.1, 0.15) is 28.8 Å². The lowest BCUT2D eigenvalue weighted by molar-refractivity contribution is 0.0955. The average Bonchev–Trinajstić information content (AvgIpc) is 3.28. The number of amides is 1. The van der Waals surface area contributed by atoms with Gasteiger partial charge in [0, 0.05) is 30.3 Å². The Morgan fingerprint density at radius 2 is 1.68 bits per heavy atom. The second-order valence-electron chi connectivity index (χ2n) is 6.39. The van der Waals surface area contributed by atoms with Crippen molar-refractivity contribution in [2.45, 2.75) is 12.8 Å². The van der Waals surface area contributed by atoms with E-state index in [-0.39, 0.29) is 5.91 Å². The van der Waals surface area contributed by atoms with Crippen LogP contribution in [0.5, 0.6) is 17.2 Å². The van der Waals surface area contributed by atoms with E-state index in [0.29, 0.717) is 17.1 Å². The second kappa shape index (κ2) is 9.12. The number of anilines is 1. The van der Waals surface area contributed by atoms with E-state index in [0.717, 1.165) is 30.1 Å². The van der Waals surface area contributed by atoms with E-state index in [1.165, 1.54) is 12.8 Å². The van der Waals surface area contributed by atoms with Crippen LogP contribution >= 0.6 is 0 Å². The van der Waals surface area contributed by atoms with Crippen LogP contribution in [0.15, 0.2) is 41.5 Å². The van der Waals surface area contributed by atoms with Crippen LogP contribution in [0.3, 0.4) is 0 Å². The number of rotatable bonds is 7. The van der Waals surface area contributed by atoms with E-state index in [1.807, 2.05) is 12.1 Å². The molecule has 148 valence electrons. The van der Waals surface area contributed by atoms with Crippen molar-refractivity contribution in [2.75, 3.05) is 39.3 Å². The molecule has 0 unspecified atom stereocenters. The highest BCUT2D eigenvalue weighted by molar-refractivity contribution is 5.95. The molecule has 0 radical (unpaired) electrons. The summed E-state index contributed by atoms with van der Waals surface area (Å²) in [5, 5.41) is 4.07. The zero-order valence-corrected chi connectivity index (χ0v) is 16.4. The smallest absolute Gasteiger partial charge is 0.271 e. The third-order valence-corrected chi connectivity index (χ3v) is 4.70. The predicted molar refractivity (Wildman–Crippen MR) is 109 cm³/mol. The maximum atomic E-state index is 12.2. The Hall–Kier alpha value is -3.22. The van der Waals surface area contributed by atoms with Crippen molar-refractivity contribution in [3.05, 3.63) is 47.5 Å². The topological polar surface area (TPSA) is 72.4 Å². The molecule has 0 atom stereocenters. The quantitative estimate of drug-likeness (QED) is 0.588. The van der Waals surface area contributed by atoms with Crippen molar-refractivity contribution in [2.24, 2.45) is 5.10 Å². The molecule has 1 N–H and O–H groups in total. The number of carbonyl (C=O) groups excluding carboxylic acids is 1. The van der Waals surface area contributed by atoms with E-state index < -0.39 is 0 Å². The molecular weight excluding hydrogens is 358 g/mol. The van der Waals surface area contributed by atoms with E-state index in [2.05, 4.69) is 15.4 Å². The van der Waals surface area contributed by atoms with Crippen molar-refractivity contribution >= 4 is 17.8 Å². The van der Waals surface area contributed by atoms with Gasteiger partial charge in [0.25, 0.3) is 5.91 Å². The average molecular weight is 383 g/mol. The van der Waals surface area contributed by atoms with Crippen LogP contribution in [0.2, 0.25) is 0 Å². The van der Waals surface area contributed by atoms with Crippen molar-refractivity contribution in [3.8, 4) is 17.2 Å². The fourth-order valence-corrected chi connectivity index (χ4v) is 3.18. The molecule has 1 amide bonds. The maximum absolute atomic E-state index is 12.2. The minimum Gasteiger partial charge on any atom is -0.497 e. The fraction of sp³-hybridized carbons (Fsp3) is 0.333. The molecule has 1 fully saturated rings. The summed E-state index contributed by atoms with van der Waals surface area (Å²) in [6.07, 6.45) is 3.90. The minimum absolute atomic E-state index is 0.307. The maximum Gasteiger partial charge on any atom is 0.271 e. The first-order chi connectivity index (χ1) is 13.7. The molecular formula is C21H25N3O4. The normalized spacial score (nSPS) is 13.6. The first-order valence-corrected chi connectivity index (χ1v) is 9.14. The van der Waals surface area contributed by atoms with Crippen LogP contribution in [-0.2, 0) is 0 Å². The highest BCUT2D eigenvalue weighted by atomic mass is 16.5. The fourth-order valence-electron chi connectivity index (χ4n) is 3.18. The van der Waals surface area contributed by atoms with Crippen LogP contribution < -0.4 is 24.5 Å². The standard InChI is InChI=1S/C21H25N3O4/c1-26-17-8-6-15(7-9-17)21(25)23-22-14-16-12-20(28-3)18(13-19(16)27-2)24-10-4-5-11-24/h6-9,12-14H,4-5,10-11H2,1-3H3,(H,23,25)/b22-14-. The SMILES string of the molecule is COc1ccc(C(=O)N/N=C\c2cc(OC)c(N3CCCC3)cc2OC)cc1. The molecule has 1 aliphatic heterocycles. The molecule has 1 saturated heterocycles. The highest BCUT2D eigenvalue weighted by Crippen LogP contribution is 2.36. The Bertz CT molecular complexity index is 843. The highest BCUT2D eigenvalue weighted by Gasteiger charge is 2.19. The Morgan fingerprint density at radius 3 is 2.29 bits per heavy atom. The van der Waals surface area contributed by atoms with E-state index in [4.69, 9.17) is 14.2 Å². The summed E-state index contributed by atoms with van der Waals surface area (Å²) in [6.45, 7) is 2.01. The molecule has 28 heavy (non-hydrogen) atoms. The number of hydrogen-bond donors (Lipinski definition) is 1. The molecule has 0 bridgehead atoms. The molecule has 0 aromatic heterocycles. The van der Waals surface area contributed by atoms with Crippen LogP contribution in [0, 0.1) is 0 Å². The van der Waals surface area contributed by atoms with Crippen LogP contribution in [0.25, 0.3) is 0 Å². The molecule has 0 aliphatic carbocycles. The number of carbonyl (C=O) groups is 1. The van der Waals surface area contributed by atoms with Gasteiger partial charge in [-0.05, 0) is 43.2 Å². The summed E-state index contributed by atoms with van der Waals surface area (Å²) in [7, 11) is 4.84. The molecule has 7 nitrogen and oxygen atoms in total. The monoisotopic (exact) mass is 383 g/mol. The number of nitrogens with one attached hydrogen (secondary N) is 1. The number of benzene rings is 2. The van der Waals surface area contributed by atoms with Crippen LogP contribution in [0.4, 0.5) is 5.69 Å². The van der Waals surface area contributed by atoms with Gasteiger partial charge in [0.1, 0.15) is 17.2 Å². The summed E-state index contributed by atoms with van der Waals surface area (Å²) < 4.78 is 16.2. The van der Waals surface area contributed by atoms with Gasteiger partial charge in [-0.2, -0.15) is 5.10 Å². The van der Waals surface area contributed by atoms with E-state index >= 15 is 0 Å². The molecule has 2 aromatic carbocycles. The lowest BCUT2D eigenvalue weighted by Crippen LogP contribution is -2.19. The van der Waals surface area contributed by atoms with Gasteiger partial charge in [0.05, 0.1) is 33.2 Å². The molecule has 1 heterocycles. The van der Waals surface area contributed by atoms with Crippen molar-refractivity contribution in [1.82, 2.24) is 5.43 Å². The summed E-state index contributed by atoms with van der Waals surface area (Å²) in [6, 6.07) is 10.6. The van der Waals surface area contributed by atoms with Gasteiger partial charge >= 0.3 is 0 Å². The number of hydrogen-bond acceptors (Lipinski definition) is 6. The van der Waals surface area contributed by atoms with Crippen molar-refractivity contribution in [1.29, 1.82) is 0 Å². The Labute approximate surface area is 164 Å². The number of nitrogens with zero attached hydrogens (tertiary/aromatic N) is 2. The van der Waals surface area contributed by atoms with Gasteiger partial charge in [0.15, 0.2) is 0 Å². The predicted octanol–water partition coefficient (Wildman–Crippen LogP) is 3.08. The summed E-state index contributed by atoms with van der Waals surface area (Å²) in [5.74, 6) is 1.81. The zero-order chi connectivity index (χ0) is 19.9. The lowest BCUT2D eigenvalue weighted by atomic mass is 10.1. The summed E-state index contributed by atoms with van der Waals surface area (Å²) in [4.78, 5) is 14.5. The van der Waals surface area contributed by atoms with E-state index in [1.54, 1.807) is 51.8 Å². The van der Waals surface area contributed by atoms with Crippen molar-refractivity contribution < 1.29 is 19.0 Å². The third kappa shape index (κ3) is 4.36. The summed E-state index contributed by atoms with van der Waals surface area (Å²) >= 11 is 0.